The van der Waals surface area contributed by atoms with Gasteiger partial charge in [-0.25, -0.2) is 4.68 Å². The standard InChI is InChI=1S/C27H27F3N2OSSi/c1-35(2,3)15-13-33-17-32-26-22-12-14-34-24(22)16-23(26)25(31-32)20-6-4-18(5-7-20)19-8-10-21(11-9-19)27(28,29)30/h4-12,14H,13,15-17H2,1-3H3. The molecule has 2 aromatic heterocycles. The van der Waals surface area contributed by atoms with Crippen LogP contribution < -0.4 is 0 Å². The summed E-state index contributed by atoms with van der Waals surface area (Å²) >= 11 is 1.76. The molecule has 1 aliphatic carbocycles. The van der Waals surface area contributed by atoms with Crippen molar-refractivity contribution in [3.8, 4) is 33.6 Å². The van der Waals surface area contributed by atoms with Crippen LogP contribution in [0.3, 0.4) is 0 Å². The van der Waals surface area contributed by atoms with E-state index in [0.29, 0.717) is 6.73 Å². The van der Waals surface area contributed by atoms with Gasteiger partial charge in [-0.2, -0.15) is 18.3 Å². The predicted octanol–water partition coefficient (Wildman–Crippen LogP) is 8.18. The monoisotopic (exact) mass is 512 g/mol. The van der Waals surface area contributed by atoms with Crippen molar-refractivity contribution >= 4 is 19.4 Å². The first-order valence-electron chi connectivity index (χ1n) is 11.6. The van der Waals surface area contributed by atoms with Crippen molar-refractivity contribution < 1.29 is 17.9 Å². The third kappa shape index (κ3) is 5.01. The highest BCUT2D eigenvalue weighted by Gasteiger charge is 2.30. The molecular weight excluding hydrogens is 485 g/mol. The number of hydrogen-bond donors (Lipinski definition) is 0. The molecule has 1 aliphatic rings. The molecule has 0 fully saturated rings. The Bertz CT molecular complexity index is 1330. The molecule has 4 aromatic rings. The van der Waals surface area contributed by atoms with E-state index in [-0.39, 0.29) is 0 Å². The van der Waals surface area contributed by atoms with Gasteiger partial charge in [0.25, 0.3) is 0 Å². The lowest BCUT2D eigenvalue weighted by Crippen LogP contribution is -2.22. The third-order valence-electron chi connectivity index (χ3n) is 6.30. The van der Waals surface area contributed by atoms with Gasteiger partial charge in [-0.05, 0) is 40.8 Å². The Morgan fingerprint density at radius 2 is 1.57 bits per heavy atom. The van der Waals surface area contributed by atoms with Gasteiger partial charge in [0, 0.05) is 42.7 Å². The molecule has 3 nitrogen and oxygen atoms in total. The number of halogens is 3. The minimum Gasteiger partial charge on any atom is -0.360 e. The molecule has 0 saturated carbocycles. The zero-order valence-electron chi connectivity index (χ0n) is 19.9. The van der Waals surface area contributed by atoms with E-state index in [1.807, 2.05) is 28.9 Å². The highest BCUT2D eigenvalue weighted by Crippen LogP contribution is 2.44. The first kappa shape index (κ1) is 24.0. The Morgan fingerprint density at radius 3 is 2.20 bits per heavy atom. The molecule has 0 spiro atoms. The van der Waals surface area contributed by atoms with Gasteiger partial charge in [0.2, 0.25) is 0 Å². The van der Waals surface area contributed by atoms with E-state index < -0.39 is 19.8 Å². The summed E-state index contributed by atoms with van der Waals surface area (Å²) < 4.78 is 46.7. The summed E-state index contributed by atoms with van der Waals surface area (Å²) in [5, 5.41) is 7.06. The van der Waals surface area contributed by atoms with Gasteiger partial charge in [-0.15, -0.1) is 11.3 Å². The molecule has 0 atom stereocenters. The van der Waals surface area contributed by atoms with Crippen LogP contribution in [0.2, 0.25) is 25.7 Å². The summed E-state index contributed by atoms with van der Waals surface area (Å²) in [4.78, 5) is 1.34. The number of aromatic nitrogens is 2. The second kappa shape index (κ2) is 9.08. The fourth-order valence-corrected chi connectivity index (χ4v) is 5.99. The summed E-state index contributed by atoms with van der Waals surface area (Å²) in [6.07, 6.45) is -3.48. The van der Waals surface area contributed by atoms with Crippen LogP contribution in [-0.2, 0) is 24.1 Å². The third-order valence-corrected chi connectivity index (χ3v) is 8.93. The number of alkyl halides is 3. The molecule has 0 radical (unpaired) electrons. The van der Waals surface area contributed by atoms with Crippen molar-refractivity contribution in [2.45, 2.75) is 45.0 Å². The van der Waals surface area contributed by atoms with Gasteiger partial charge in [0.15, 0.2) is 0 Å². The van der Waals surface area contributed by atoms with Crippen LogP contribution in [0.5, 0.6) is 0 Å². The summed E-state index contributed by atoms with van der Waals surface area (Å²) in [7, 11) is -1.16. The normalized spacial score (nSPS) is 13.2. The van der Waals surface area contributed by atoms with Crippen LogP contribution in [0.4, 0.5) is 13.2 Å². The fourth-order valence-electron chi connectivity index (χ4n) is 4.34. The fraction of sp³-hybridized carbons (Fsp3) is 0.296. The molecule has 0 unspecified atom stereocenters. The van der Waals surface area contributed by atoms with E-state index in [0.717, 1.165) is 59.3 Å². The van der Waals surface area contributed by atoms with Crippen molar-refractivity contribution in [2.24, 2.45) is 0 Å². The van der Waals surface area contributed by atoms with Gasteiger partial charge in [0.05, 0.1) is 17.0 Å². The Kier molecular flexibility index (Phi) is 6.23. The number of fused-ring (bicyclic) bond motifs is 3. The lowest BCUT2D eigenvalue weighted by molar-refractivity contribution is -0.137. The summed E-state index contributed by atoms with van der Waals surface area (Å²) in [5.74, 6) is 0. The quantitative estimate of drug-likeness (QED) is 0.162. The lowest BCUT2D eigenvalue weighted by Gasteiger charge is -2.15. The van der Waals surface area contributed by atoms with Crippen molar-refractivity contribution in [2.75, 3.05) is 6.61 Å². The van der Waals surface area contributed by atoms with E-state index in [4.69, 9.17) is 9.84 Å². The predicted molar refractivity (Wildman–Crippen MR) is 138 cm³/mol. The number of thiophene rings is 1. The Hall–Kier alpha value is -2.68. The maximum Gasteiger partial charge on any atom is 0.416 e. The summed E-state index contributed by atoms with van der Waals surface area (Å²) in [6, 6.07) is 16.4. The van der Waals surface area contributed by atoms with Crippen LogP contribution in [0.25, 0.3) is 33.6 Å². The topological polar surface area (TPSA) is 27.1 Å². The first-order valence-corrected chi connectivity index (χ1v) is 16.2. The maximum absolute atomic E-state index is 12.9. The number of ether oxygens (including phenoxy) is 1. The van der Waals surface area contributed by atoms with Crippen molar-refractivity contribution in [1.29, 1.82) is 0 Å². The van der Waals surface area contributed by atoms with Crippen LogP contribution in [0, 0.1) is 0 Å². The number of nitrogens with zero attached hydrogens (tertiary/aromatic N) is 2. The molecule has 0 N–H and O–H groups in total. The minimum absolute atomic E-state index is 0.422. The summed E-state index contributed by atoms with van der Waals surface area (Å²) in [5.41, 5.74) is 6.49. The second-order valence-corrected chi connectivity index (χ2v) is 16.7. The zero-order valence-corrected chi connectivity index (χ0v) is 21.8. The molecular formula is C27H27F3N2OSSi. The highest BCUT2D eigenvalue weighted by atomic mass is 32.1. The van der Waals surface area contributed by atoms with Gasteiger partial charge < -0.3 is 4.74 Å². The largest absolute Gasteiger partial charge is 0.416 e. The Morgan fingerprint density at radius 1 is 0.943 bits per heavy atom. The van der Waals surface area contributed by atoms with Gasteiger partial charge in [-0.1, -0.05) is 56.0 Å². The van der Waals surface area contributed by atoms with Crippen molar-refractivity contribution in [3.63, 3.8) is 0 Å². The molecule has 5 rings (SSSR count). The average Bonchev–Trinajstić information content (AvgIpc) is 3.48. The molecule has 0 saturated heterocycles. The molecule has 35 heavy (non-hydrogen) atoms. The van der Waals surface area contributed by atoms with Crippen molar-refractivity contribution in [1.82, 2.24) is 9.78 Å². The van der Waals surface area contributed by atoms with E-state index in [9.17, 15) is 13.2 Å². The molecule has 2 heterocycles. The molecule has 0 aliphatic heterocycles. The molecule has 182 valence electrons. The zero-order chi connectivity index (χ0) is 24.8. The van der Waals surface area contributed by atoms with E-state index >= 15 is 0 Å². The Labute approximate surface area is 208 Å². The van der Waals surface area contributed by atoms with Gasteiger partial charge >= 0.3 is 6.18 Å². The Balaban J connectivity index is 1.41. The van der Waals surface area contributed by atoms with E-state index in [1.54, 1.807) is 11.3 Å². The van der Waals surface area contributed by atoms with Crippen molar-refractivity contribution in [3.05, 3.63) is 76.0 Å². The van der Waals surface area contributed by atoms with Gasteiger partial charge in [0.1, 0.15) is 6.73 Å². The van der Waals surface area contributed by atoms with Crippen LogP contribution in [0.1, 0.15) is 16.0 Å². The highest BCUT2D eigenvalue weighted by molar-refractivity contribution is 7.10. The number of rotatable bonds is 7. The van der Waals surface area contributed by atoms with Crippen LogP contribution >= 0.6 is 11.3 Å². The van der Waals surface area contributed by atoms with Crippen LogP contribution in [-0.4, -0.2) is 24.5 Å². The molecule has 8 heteroatoms. The minimum atomic E-state index is -4.33. The lowest BCUT2D eigenvalue weighted by atomic mass is 10.00. The maximum atomic E-state index is 12.9. The molecule has 2 aromatic carbocycles. The average molecular weight is 513 g/mol. The molecule has 0 amide bonds. The second-order valence-electron chi connectivity index (χ2n) is 10.1. The number of hydrogen-bond acceptors (Lipinski definition) is 3. The SMILES string of the molecule is C[Si](C)(C)CCOCn1nc(-c2ccc(-c3ccc(C(F)(F)F)cc3)cc2)c2c1-c1ccsc1C2. The van der Waals surface area contributed by atoms with E-state index in [2.05, 4.69) is 31.1 Å². The van der Waals surface area contributed by atoms with Crippen LogP contribution in [0.15, 0.2) is 60.0 Å². The number of benzene rings is 2. The smallest absolute Gasteiger partial charge is 0.360 e. The van der Waals surface area contributed by atoms with E-state index in [1.165, 1.54) is 28.1 Å². The van der Waals surface area contributed by atoms with Gasteiger partial charge in [-0.3, -0.25) is 0 Å². The first-order chi connectivity index (χ1) is 16.6. The summed E-state index contributed by atoms with van der Waals surface area (Å²) in [6.45, 7) is 8.17. The molecule has 0 bridgehead atoms.